The van der Waals surface area contributed by atoms with Crippen LogP contribution in [-0.2, 0) is 32.6 Å². The first-order valence-corrected chi connectivity index (χ1v) is 13.8. The number of benzene rings is 3. The van der Waals surface area contributed by atoms with E-state index in [1.807, 2.05) is 43.3 Å². The molecule has 0 radical (unpaired) electrons. The third-order valence-corrected chi connectivity index (χ3v) is 8.18. The van der Waals surface area contributed by atoms with Gasteiger partial charge >= 0.3 is 0 Å². The molecular weight excluding hydrogens is 542 g/mol. The summed E-state index contributed by atoms with van der Waals surface area (Å²) >= 11 is 3.43. The molecule has 3 rings (SSSR count). The Morgan fingerprint density at radius 2 is 1.61 bits per heavy atom. The van der Waals surface area contributed by atoms with E-state index >= 15 is 0 Å². The summed E-state index contributed by atoms with van der Waals surface area (Å²) in [5.74, 6) is -0.840. The molecule has 2 amide bonds. The van der Waals surface area contributed by atoms with Crippen molar-refractivity contribution in [1.29, 1.82) is 0 Å². The van der Waals surface area contributed by atoms with Crippen LogP contribution in [0.15, 0.2) is 88.2 Å². The highest BCUT2D eigenvalue weighted by molar-refractivity contribution is 9.10. The lowest BCUT2D eigenvalue weighted by Crippen LogP contribution is -2.50. The van der Waals surface area contributed by atoms with Crippen molar-refractivity contribution in [2.24, 2.45) is 0 Å². The largest absolute Gasteiger partial charge is 0.357 e. The Bertz CT molecular complexity index is 1300. The van der Waals surface area contributed by atoms with E-state index < -0.39 is 28.5 Å². The maximum atomic E-state index is 13.7. The Balaban J connectivity index is 2.02. The summed E-state index contributed by atoms with van der Waals surface area (Å²) in [5, 5.41) is 2.58. The van der Waals surface area contributed by atoms with Gasteiger partial charge in [0.15, 0.2) is 0 Å². The van der Waals surface area contributed by atoms with Crippen molar-refractivity contribution in [2.45, 2.75) is 37.8 Å². The summed E-state index contributed by atoms with van der Waals surface area (Å²) in [5.41, 5.74) is 2.23. The summed E-state index contributed by atoms with van der Waals surface area (Å²) < 4.78 is 29.3. The second kappa shape index (κ2) is 12.2. The number of nitrogens with zero attached hydrogens (tertiary/aromatic N) is 2. The van der Waals surface area contributed by atoms with Crippen LogP contribution in [0.5, 0.6) is 0 Å². The number of likely N-dealkylation sites (N-methyl/N-ethyl adjacent to an activating group) is 1. The highest BCUT2D eigenvalue weighted by atomic mass is 79.9. The summed E-state index contributed by atoms with van der Waals surface area (Å²) in [4.78, 5) is 27.7. The predicted molar refractivity (Wildman–Crippen MR) is 145 cm³/mol. The fraction of sp³-hybridized carbons (Fsp3) is 0.259. The molecular formula is C27H30BrN3O4S. The smallest absolute Gasteiger partial charge is 0.264 e. The highest BCUT2D eigenvalue weighted by Gasteiger charge is 2.32. The number of hydrogen-bond acceptors (Lipinski definition) is 4. The molecule has 1 N–H and O–H groups in total. The molecule has 0 bridgehead atoms. The zero-order chi connectivity index (χ0) is 26.3. The van der Waals surface area contributed by atoms with E-state index in [2.05, 4.69) is 21.2 Å². The van der Waals surface area contributed by atoms with Gasteiger partial charge < -0.3 is 10.2 Å². The average molecular weight is 573 g/mol. The Labute approximate surface area is 221 Å². The SMILES string of the molecule is CCc1ccc(N(CC(=O)N(Cc2cccc(Br)c2)[C@H](C)C(=O)NC)S(=O)(=O)c2ccccc2)cc1. The zero-order valence-electron chi connectivity index (χ0n) is 20.5. The van der Waals surface area contributed by atoms with Crippen LogP contribution < -0.4 is 9.62 Å². The lowest BCUT2D eigenvalue weighted by Gasteiger charge is -2.31. The molecule has 3 aromatic rings. The summed E-state index contributed by atoms with van der Waals surface area (Å²) in [6.07, 6.45) is 0.800. The lowest BCUT2D eigenvalue weighted by atomic mass is 10.1. The minimum atomic E-state index is -4.06. The fourth-order valence-electron chi connectivity index (χ4n) is 3.77. The second-order valence-electron chi connectivity index (χ2n) is 8.29. The number of rotatable bonds is 10. The average Bonchev–Trinajstić information content (AvgIpc) is 2.90. The van der Waals surface area contributed by atoms with Crippen molar-refractivity contribution < 1.29 is 18.0 Å². The van der Waals surface area contributed by atoms with E-state index in [-0.39, 0.29) is 17.3 Å². The normalized spacial score (nSPS) is 12.0. The van der Waals surface area contributed by atoms with E-state index in [0.29, 0.717) is 5.69 Å². The quantitative estimate of drug-likeness (QED) is 0.391. The predicted octanol–water partition coefficient (Wildman–Crippen LogP) is 4.37. The molecule has 0 saturated heterocycles. The Morgan fingerprint density at radius 1 is 0.944 bits per heavy atom. The van der Waals surface area contributed by atoms with Crippen LogP contribution in [0.1, 0.15) is 25.0 Å². The number of carbonyl (C=O) groups is 2. The van der Waals surface area contributed by atoms with Crippen LogP contribution in [0, 0.1) is 0 Å². The van der Waals surface area contributed by atoms with E-state index in [4.69, 9.17) is 0 Å². The second-order valence-corrected chi connectivity index (χ2v) is 11.1. The van der Waals surface area contributed by atoms with Crippen LogP contribution in [0.2, 0.25) is 0 Å². The number of anilines is 1. The van der Waals surface area contributed by atoms with Gasteiger partial charge in [-0.25, -0.2) is 8.42 Å². The van der Waals surface area contributed by atoms with Gasteiger partial charge in [0.2, 0.25) is 11.8 Å². The standard InChI is InChI=1S/C27H30BrN3O4S/c1-4-21-13-15-24(16-14-21)31(36(34,35)25-11-6-5-7-12-25)19-26(32)30(20(2)27(33)29-3)18-22-9-8-10-23(28)17-22/h5-17,20H,4,18-19H2,1-3H3,(H,29,33)/t20-/m1/s1. The molecule has 0 aliphatic rings. The minimum absolute atomic E-state index is 0.0789. The van der Waals surface area contributed by atoms with Gasteiger partial charge in [-0.1, -0.05) is 65.3 Å². The van der Waals surface area contributed by atoms with E-state index in [1.165, 1.54) is 24.1 Å². The fourth-order valence-corrected chi connectivity index (χ4v) is 5.65. The van der Waals surface area contributed by atoms with Crippen LogP contribution in [-0.4, -0.2) is 44.8 Å². The molecule has 0 heterocycles. The van der Waals surface area contributed by atoms with Crippen LogP contribution >= 0.6 is 15.9 Å². The van der Waals surface area contributed by atoms with Crippen molar-refractivity contribution in [2.75, 3.05) is 17.9 Å². The molecule has 0 aliphatic carbocycles. The van der Waals surface area contributed by atoms with Crippen molar-refractivity contribution in [3.05, 3.63) is 94.5 Å². The number of carbonyl (C=O) groups excluding carboxylic acids is 2. The summed E-state index contributed by atoms with van der Waals surface area (Å²) in [6, 6.07) is 21.7. The number of nitrogens with one attached hydrogen (secondary N) is 1. The number of halogens is 1. The van der Waals surface area contributed by atoms with Gasteiger partial charge in [-0.3, -0.25) is 13.9 Å². The van der Waals surface area contributed by atoms with Gasteiger partial charge in [0.1, 0.15) is 12.6 Å². The zero-order valence-corrected chi connectivity index (χ0v) is 22.9. The summed E-state index contributed by atoms with van der Waals surface area (Å²) in [7, 11) is -2.55. The Hall–Kier alpha value is -3.17. The molecule has 0 fully saturated rings. The first-order chi connectivity index (χ1) is 17.2. The van der Waals surface area contributed by atoms with Crippen LogP contribution in [0.3, 0.4) is 0 Å². The molecule has 7 nitrogen and oxygen atoms in total. The van der Waals surface area contributed by atoms with Crippen molar-refractivity contribution in [3.8, 4) is 0 Å². The van der Waals surface area contributed by atoms with Gasteiger partial charge in [-0.15, -0.1) is 0 Å². The molecule has 0 spiro atoms. The highest BCUT2D eigenvalue weighted by Crippen LogP contribution is 2.25. The molecule has 0 saturated carbocycles. The maximum absolute atomic E-state index is 13.7. The van der Waals surface area contributed by atoms with Crippen LogP contribution in [0.4, 0.5) is 5.69 Å². The topological polar surface area (TPSA) is 86.8 Å². The molecule has 190 valence electrons. The van der Waals surface area contributed by atoms with E-state index in [0.717, 1.165) is 26.3 Å². The Kier molecular flexibility index (Phi) is 9.28. The van der Waals surface area contributed by atoms with Gasteiger partial charge in [0.05, 0.1) is 10.6 Å². The molecule has 3 aromatic carbocycles. The summed E-state index contributed by atoms with van der Waals surface area (Å²) in [6.45, 7) is 3.32. The number of amides is 2. The van der Waals surface area contributed by atoms with Gasteiger partial charge in [-0.05, 0) is 60.9 Å². The van der Waals surface area contributed by atoms with Crippen molar-refractivity contribution >= 4 is 43.5 Å². The maximum Gasteiger partial charge on any atom is 0.264 e. The van der Waals surface area contributed by atoms with Gasteiger partial charge in [0, 0.05) is 18.1 Å². The third kappa shape index (κ3) is 6.53. The van der Waals surface area contributed by atoms with Crippen LogP contribution in [0.25, 0.3) is 0 Å². The van der Waals surface area contributed by atoms with Gasteiger partial charge in [0.25, 0.3) is 10.0 Å². The van der Waals surface area contributed by atoms with Crippen molar-refractivity contribution in [3.63, 3.8) is 0 Å². The van der Waals surface area contributed by atoms with E-state index in [9.17, 15) is 18.0 Å². The molecule has 9 heteroatoms. The molecule has 0 aromatic heterocycles. The van der Waals surface area contributed by atoms with Crippen molar-refractivity contribution in [1.82, 2.24) is 10.2 Å². The van der Waals surface area contributed by atoms with E-state index in [1.54, 1.807) is 37.3 Å². The first kappa shape index (κ1) is 27.4. The molecule has 1 atom stereocenters. The monoisotopic (exact) mass is 571 g/mol. The molecule has 0 unspecified atom stereocenters. The first-order valence-electron chi connectivity index (χ1n) is 11.6. The number of sulfonamides is 1. The number of hydrogen-bond donors (Lipinski definition) is 1. The van der Waals surface area contributed by atoms with Gasteiger partial charge in [-0.2, -0.15) is 0 Å². The third-order valence-electron chi connectivity index (χ3n) is 5.90. The molecule has 0 aliphatic heterocycles. The number of aryl methyl sites for hydroxylation is 1. The molecule has 36 heavy (non-hydrogen) atoms. The Morgan fingerprint density at radius 3 is 2.19 bits per heavy atom. The lowest BCUT2D eigenvalue weighted by molar-refractivity contribution is -0.139. The minimum Gasteiger partial charge on any atom is -0.357 e.